The van der Waals surface area contributed by atoms with E-state index < -0.39 is 5.91 Å². The number of nitriles is 2. The minimum Gasteiger partial charge on any atom is -0.296 e. The number of hydrogen-bond donors (Lipinski definition) is 2. The average Bonchev–Trinajstić information content (AvgIpc) is 3.04. The number of aromatic nitrogens is 3. The SMILES string of the molecule is Cc1cncc(C(=O)Nc2nc3ccc(NN=C(C#N)C#N)cc3s2)n1. The number of fused-ring (bicyclic) bond motifs is 1. The topological polar surface area (TPSA) is 140 Å². The van der Waals surface area contributed by atoms with Gasteiger partial charge in [0, 0.05) is 6.20 Å². The summed E-state index contributed by atoms with van der Waals surface area (Å²) in [6.45, 7) is 1.75. The van der Waals surface area contributed by atoms with Crippen molar-refractivity contribution in [2.24, 2.45) is 5.10 Å². The third kappa shape index (κ3) is 3.77. The molecule has 1 amide bonds. The van der Waals surface area contributed by atoms with Crippen LogP contribution in [0.3, 0.4) is 0 Å². The standard InChI is InChI=1S/C16H10N8OS/c1-9-7-19-8-13(20-9)15(25)22-16-21-12-3-2-10(4-14(12)26-16)23-24-11(5-17)6-18/h2-4,7-8,23H,1H3,(H,21,22,25). The fourth-order valence-electron chi connectivity index (χ4n) is 1.98. The number of amides is 1. The Labute approximate surface area is 151 Å². The largest absolute Gasteiger partial charge is 0.296 e. The molecule has 2 heterocycles. The molecule has 0 fully saturated rings. The molecule has 10 heteroatoms. The van der Waals surface area contributed by atoms with Crippen molar-refractivity contribution in [2.75, 3.05) is 10.7 Å². The van der Waals surface area contributed by atoms with Crippen molar-refractivity contribution in [3.05, 3.63) is 42.0 Å². The number of aryl methyl sites for hydroxylation is 1. The Morgan fingerprint density at radius 2 is 2.04 bits per heavy atom. The zero-order chi connectivity index (χ0) is 18.5. The number of rotatable bonds is 4. The van der Waals surface area contributed by atoms with Crippen molar-refractivity contribution in [2.45, 2.75) is 6.92 Å². The number of thiazole rings is 1. The fourth-order valence-corrected chi connectivity index (χ4v) is 2.88. The Kier molecular flexibility index (Phi) is 4.78. The molecule has 0 saturated carbocycles. The first-order valence-corrected chi connectivity index (χ1v) is 8.05. The molecule has 0 aliphatic heterocycles. The van der Waals surface area contributed by atoms with E-state index in [-0.39, 0.29) is 11.4 Å². The second kappa shape index (κ2) is 7.34. The van der Waals surface area contributed by atoms with Crippen LogP contribution in [0, 0.1) is 29.6 Å². The van der Waals surface area contributed by atoms with Crippen LogP contribution >= 0.6 is 11.3 Å². The number of hydrazone groups is 1. The lowest BCUT2D eigenvalue weighted by Gasteiger charge is -2.00. The summed E-state index contributed by atoms with van der Waals surface area (Å²) in [6.07, 6.45) is 2.95. The van der Waals surface area contributed by atoms with E-state index >= 15 is 0 Å². The van der Waals surface area contributed by atoms with E-state index in [1.165, 1.54) is 17.5 Å². The smallest absolute Gasteiger partial charge is 0.277 e. The molecule has 0 atom stereocenters. The quantitative estimate of drug-likeness (QED) is 0.536. The first kappa shape index (κ1) is 17.0. The average molecular weight is 362 g/mol. The highest BCUT2D eigenvalue weighted by molar-refractivity contribution is 7.22. The summed E-state index contributed by atoms with van der Waals surface area (Å²) >= 11 is 1.27. The van der Waals surface area contributed by atoms with Gasteiger partial charge in [-0.2, -0.15) is 15.6 Å². The zero-order valence-electron chi connectivity index (χ0n) is 13.4. The van der Waals surface area contributed by atoms with Crippen LogP contribution in [0.4, 0.5) is 10.8 Å². The molecule has 2 aromatic heterocycles. The Morgan fingerprint density at radius 3 is 2.77 bits per heavy atom. The van der Waals surface area contributed by atoms with Crippen LogP contribution in [0.25, 0.3) is 10.2 Å². The normalized spacial score (nSPS) is 9.81. The van der Waals surface area contributed by atoms with Crippen molar-refractivity contribution < 1.29 is 4.79 Å². The van der Waals surface area contributed by atoms with E-state index in [0.717, 1.165) is 4.70 Å². The van der Waals surface area contributed by atoms with Gasteiger partial charge in [0.25, 0.3) is 5.91 Å². The molecular formula is C16H10N8OS. The van der Waals surface area contributed by atoms with Crippen molar-refractivity contribution in [3.8, 4) is 12.1 Å². The molecule has 126 valence electrons. The van der Waals surface area contributed by atoms with Gasteiger partial charge in [0.15, 0.2) is 5.13 Å². The van der Waals surface area contributed by atoms with Gasteiger partial charge in [-0.15, -0.1) is 0 Å². The highest BCUT2D eigenvalue weighted by atomic mass is 32.1. The number of anilines is 2. The molecule has 0 radical (unpaired) electrons. The maximum absolute atomic E-state index is 12.2. The second-order valence-electron chi connectivity index (χ2n) is 5.00. The third-order valence-electron chi connectivity index (χ3n) is 3.11. The lowest BCUT2D eigenvalue weighted by Crippen LogP contribution is -2.14. The lowest BCUT2D eigenvalue weighted by atomic mass is 10.3. The van der Waals surface area contributed by atoms with Crippen LogP contribution in [0.5, 0.6) is 0 Å². The Morgan fingerprint density at radius 1 is 1.23 bits per heavy atom. The molecule has 0 aliphatic rings. The first-order chi connectivity index (χ1) is 12.6. The number of benzene rings is 1. The molecule has 26 heavy (non-hydrogen) atoms. The maximum Gasteiger partial charge on any atom is 0.277 e. The van der Waals surface area contributed by atoms with Gasteiger partial charge < -0.3 is 0 Å². The van der Waals surface area contributed by atoms with Gasteiger partial charge in [0.05, 0.1) is 27.8 Å². The van der Waals surface area contributed by atoms with E-state index in [1.807, 2.05) is 0 Å². The Balaban J connectivity index is 1.79. The molecule has 0 bridgehead atoms. The van der Waals surface area contributed by atoms with Crippen LogP contribution in [0.2, 0.25) is 0 Å². The molecule has 0 unspecified atom stereocenters. The summed E-state index contributed by atoms with van der Waals surface area (Å²) in [5.41, 5.74) is 4.50. The number of nitrogens with zero attached hydrogens (tertiary/aromatic N) is 6. The monoisotopic (exact) mass is 362 g/mol. The predicted molar refractivity (Wildman–Crippen MR) is 96.6 cm³/mol. The molecular weight excluding hydrogens is 352 g/mol. The number of nitrogens with one attached hydrogen (secondary N) is 2. The lowest BCUT2D eigenvalue weighted by molar-refractivity contribution is 0.102. The van der Waals surface area contributed by atoms with E-state index in [9.17, 15) is 4.79 Å². The number of carbonyl (C=O) groups excluding carboxylic acids is 1. The molecule has 9 nitrogen and oxygen atoms in total. The van der Waals surface area contributed by atoms with Gasteiger partial charge in [0.2, 0.25) is 5.71 Å². The van der Waals surface area contributed by atoms with Crippen LogP contribution in [-0.4, -0.2) is 26.6 Å². The number of hydrogen-bond acceptors (Lipinski definition) is 9. The van der Waals surface area contributed by atoms with Crippen LogP contribution in [0.15, 0.2) is 35.7 Å². The molecule has 0 saturated heterocycles. The summed E-state index contributed by atoms with van der Waals surface area (Å²) in [6, 6.07) is 8.52. The van der Waals surface area contributed by atoms with Gasteiger partial charge in [-0.1, -0.05) is 11.3 Å². The highest BCUT2D eigenvalue weighted by Crippen LogP contribution is 2.28. The number of carbonyl (C=O) groups is 1. The minimum atomic E-state index is -0.393. The molecule has 2 N–H and O–H groups in total. The van der Waals surface area contributed by atoms with Crippen molar-refractivity contribution >= 4 is 44.0 Å². The van der Waals surface area contributed by atoms with Gasteiger partial charge in [0.1, 0.15) is 17.8 Å². The van der Waals surface area contributed by atoms with E-state index in [4.69, 9.17) is 10.5 Å². The summed E-state index contributed by atoms with van der Waals surface area (Å²) in [5.74, 6) is -0.393. The predicted octanol–water partition coefficient (Wildman–Crippen LogP) is 2.46. The summed E-state index contributed by atoms with van der Waals surface area (Å²) in [4.78, 5) is 24.6. The van der Waals surface area contributed by atoms with E-state index in [2.05, 4.69) is 30.8 Å². The van der Waals surface area contributed by atoms with E-state index in [0.29, 0.717) is 22.0 Å². The van der Waals surface area contributed by atoms with E-state index in [1.54, 1.807) is 43.5 Å². The van der Waals surface area contributed by atoms with Crippen LogP contribution in [-0.2, 0) is 0 Å². The van der Waals surface area contributed by atoms with Crippen molar-refractivity contribution in [3.63, 3.8) is 0 Å². The van der Waals surface area contributed by atoms with Gasteiger partial charge >= 0.3 is 0 Å². The summed E-state index contributed by atoms with van der Waals surface area (Å²) in [5, 5.41) is 24.1. The van der Waals surface area contributed by atoms with Crippen molar-refractivity contribution in [1.29, 1.82) is 10.5 Å². The van der Waals surface area contributed by atoms with Crippen LogP contribution in [0.1, 0.15) is 16.2 Å². The van der Waals surface area contributed by atoms with Gasteiger partial charge in [-0.3, -0.25) is 20.5 Å². The zero-order valence-corrected chi connectivity index (χ0v) is 14.2. The summed E-state index contributed by atoms with van der Waals surface area (Å²) in [7, 11) is 0. The molecule has 1 aromatic carbocycles. The highest BCUT2D eigenvalue weighted by Gasteiger charge is 2.12. The molecule has 0 aliphatic carbocycles. The molecule has 3 rings (SSSR count). The molecule has 0 spiro atoms. The van der Waals surface area contributed by atoms with Crippen LogP contribution < -0.4 is 10.7 Å². The maximum atomic E-state index is 12.2. The Bertz CT molecular complexity index is 1090. The minimum absolute atomic E-state index is 0.210. The molecule has 3 aromatic rings. The van der Waals surface area contributed by atoms with Gasteiger partial charge in [-0.05, 0) is 25.1 Å². The first-order valence-electron chi connectivity index (χ1n) is 7.23. The third-order valence-corrected chi connectivity index (χ3v) is 4.04. The summed E-state index contributed by atoms with van der Waals surface area (Å²) < 4.78 is 0.797. The Hall–Kier alpha value is -3.89. The van der Waals surface area contributed by atoms with Gasteiger partial charge in [-0.25, -0.2) is 9.97 Å². The second-order valence-corrected chi connectivity index (χ2v) is 6.03. The fraction of sp³-hybridized carbons (Fsp3) is 0.0625. The van der Waals surface area contributed by atoms with Crippen molar-refractivity contribution in [1.82, 2.24) is 15.0 Å².